The van der Waals surface area contributed by atoms with Gasteiger partial charge in [-0.3, -0.25) is 0 Å². The number of aromatic nitrogens is 1. The zero-order valence-electron chi connectivity index (χ0n) is 11.4. The predicted molar refractivity (Wildman–Crippen MR) is 77.3 cm³/mol. The zero-order valence-corrected chi connectivity index (χ0v) is 12.9. The van der Waals surface area contributed by atoms with Gasteiger partial charge in [0.05, 0.1) is 17.1 Å². The Morgan fingerprint density at radius 1 is 1.16 bits per heavy atom. The summed E-state index contributed by atoms with van der Waals surface area (Å²) in [4.78, 5) is 3.98. The summed E-state index contributed by atoms with van der Waals surface area (Å²) in [6, 6.07) is 3.39. The maximum atomic E-state index is 6.18. The van der Waals surface area contributed by atoms with Crippen LogP contribution in [0.2, 0.25) is 10.3 Å². The van der Waals surface area contributed by atoms with Crippen molar-refractivity contribution in [3.05, 3.63) is 28.0 Å². The number of hydrogen-bond donors (Lipinski definition) is 1. The monoisotopic (exact) mass is 302 g/mol. The Kier molecular flexibility index (Phi) is 3.89. The molecule has 1 aromatic rings. The fraction of sp³-hybridized carbons (Fsp3) is 0.583. The molecule has 0 radical (unpaired) electrons. The molecule has 1 aromatic heterocycles. The fourth-order valence-corrected chi connectivity index (χ4v) is 2.32. The molecule has 2 heterocycles. The van der Waals surface area contributed by atoms with E-state index >= 15 is 0 Å². The van der Waals surface area contributed by atoms with Gasteiger partial charge in [0, 0.05) is 5.56 Å². The Balaban J connectivity index is 2.24. The second-order valence-electron chi connectivity index (χ2n) is 5.66. The normalized spacial score (nSPS) is 22.6. The molecule has 2 N–H and O–H groups in total. The van der Waals surface area contributed by atoms with Crippen molar-refractivity contribution in [2.45, 2.75) is 44.8 Å². The molecule has 0 spiro atoms. The van der Waals surface area contributed by atoms with Crippen LogP contribution in [-0.2, 0) is 9.31 Å². The number of rotatable bonds is 2. The number of pyridine rings is 1. The summed E-state index contributed by atoms with van der Waals surface area (Å²) < 4.78 is 11.8. The molecule has 1 saturated heterocycles. The van der Waals surface area contributed by atoms with Crippen molar-refractivity contribution in [3.8, 4) is 0 Å². The van der Waals surface area contributed by atoms with E-state index in [9.17, 15) is 0 Å². The van der Waals surface area contributed by atoms with Crippen molar-refractivity contribution in [1.29, 1.82) is 0 Å². The topological polar surface area (TPSA) is 57.4 Å². The molecule has 0 unspecified atom stereocenters. The van der Waals surface area contributed by atoms with Gasteiger partial charge < -0.3 is 15.0 Å². The van der Waals surface area contributed by atoms with Crippen LogP contribution in [0.25, 0.3) is 0 Å². The summed E-state index contributed by atoms with van der Waals surface area (Å²) in [6.45, 7) is 7.89. The van der Waals surface area contributed by atoms with Crippen molar-refractivity contribution in [3.63, 3.8) is 0 Å². The zero-order chi connectivity index (χ0) is 14.4. The van der Waals surface area contributed by atoms with E-state index in [1.807, 2.05) is 27.7 Å². The van der Waals surface area contributed by atoms with Gasteiger partial charge in [-0.2, -0.15) is 0 Å². The number of halogens is 2. The lowest BCUT2D eigenvalue weighted by Crippen LogP contribution is -2.41. The van der Waals surface area contributed by atoms with Gasteiger partial charge in [0.15, 0.2) is 0 Å². The lowest BCUT2D eigenvalue weighted by atomic mass is 9.75. The Labute approximate surface area is 123 Å². The van der Waals surface area contributed by atoms with Crippen LogP contribution in [0.1, 0.15) is 39.2 Å². The molecule has 0 aromatic carbocycles. The van der Waals surface area contributed by atoms with Crippen LogP contribution in [0.3, 0.4) is 0 Å². The van der Waals surface area contributed by atoms with Gasteiger partial charge in [0.25, 0.3) is 0 Å². The number of nitrogens with zero attached hydrogens (tertiary/aromatic N) is 1. The average Bonchev–Trinajstić information content (AvgIpc) is 2.47. The summed E-state index contributed by atoms with van der Waals surface area (Å²) in [5.74, 6) is -0.515. The molecule has 0 amide bonds. The van der Waals surface area contributed by atoms with Crippen LogP contribution in [-0.4, -0.2) is 23.3 Å². The molecule has 0 aliphatic carbocycles. The Hall–Kier alpha value is -0.325. The third-order valence-electron chi connectivity index (χ3n) is 3.77. The van der Waals surface area contributed by atoms with Gasteiger partial charge in [0.1, 0.15) is 10.3 Å². The van der Waals surface area contributed by atoms with Crippen LogP contribution in [0.15, 0.2) is 12.1 Å². The molecule has 1 fully saturated rings. The molecule has 4 nitrogen and oxygen atoms in total. The minimum atomic E-state index is -0.564. The van der Waals surface area contributed by atoms with Gasteiger partial charge in [-0.15, -0.1) is 0 Å². The highest BCUT2D eigenvalue weighted by molar-refractivity contribution is 6.48. The van der Waals surface area contributed by atoms with E-state index in [4.69, 9.17) is 38.2 Å². The predicted octanol–water partition coefficient (Wildman–Crippen LogP) is 3.02. The molecule has 7 heteroatoms. The van der Waals surface area contributed by atoms with Crippen LogP contribution >= 0.6 is 23.2 Å². The summed E-state index contributed by atoms with van der Waals surface area (Å²) in [5.41, 5.74) is 5.97. The summed E-state index contributed by atoms with van der Waals surface area (Å²) >= 11 is 11.8. The summed E-state index contributed by atoms with van der Waals surface area (Å²) in [5, 5.41) is 0.601. The Morgan fingerprint density at radius 2 is 1.68 bits per heavy atom. The van der Waals surface area contributed by atoms with Gasteiger partial charge in [-0.25, -0.2) is 4.98 Å². The quantitative estimate of drug-likeness (QED) is 0.674. The average molecular weight is 303 g/mol. The van der Waals surface area contributed by atoms with Crippen molar-refractivity contribution in [2.75, 3.05) is 0 Å². The van der Waals surface area contributed by atoms with E-state index in [2.05, 4.69) is 4.98 Å². The lowest BCUT2D eigenvalue weighted by molar-refractivity contribution is 0.00578. The third kappa shape index (κ3) is 2.76. The highest BCUT2D eigenvalue weighted by atomic mass is 35.5. The van der Waals surface area contributed by atoms with E-state index in [0.29, 0.717) is 10.7 Å². The Morgan fingerprint density at radius 3 is 2.16 bits per heavy atom. The number of nitrogens with two attached hydrogens (primary N) is 1. The lowest BCUT2D eigenvalue weighted by Gasteiger charge is -2.32. The van der Waals surface area contributed by atoms with Crippen LogP contribution in [0.5, 0.6) is 0 Å². The molecule has 0 bridgehead atoms. The van der Waals surface area contributed by atoms with Crippen molar-refractivity contribution in [1.82, 2.24) is 4.98 Å². The molecule has 1 aliphatic rings. The third-order valence-corrected chi connectivity index (χ3v) is 4.28. The first kappa shape index (κ1) is 15.1. The fourth-order valence-electron chi connectivity index (χ4n) is 1.85. The number of hydrogen-bond acceptors (Lipinski definition) is 4. The minimum Gasteiger partial charge on any atom is -0.402 e. The van der Waals surface area contributed by atoms with Crippen molar-refractivity contribution < 1.29 is 9.31 Å². The largest absolute Gasteiger partial charge is 0.480 e. The van der Waals surface area contributed by atoms with E-state index in [1.54, 1.807) is 12.1 Å². The highest BCUT2D eigenvalue weighted by Crippen LogP contribution is 2.40. The van der Waals surface area contributed by atoms with Crippen LogP contribution in [0.4, 0.5) is 0 Å². The van der Waals surface area contributed by atoms with Crippen LogP contribution < -0.4 is 5.73 Å². The van der Waals surface area contributed by atoms with E-state index in [0.717, 1.165) is 0 Å². The van der Waals surface area contributed by atoms with Gasteiger partial charge in [-0.05, 0) is 33.8 Å². The summed E-state index contributed by atoms with van der Waals surface area (Å²) in [6.07, 6.45) is 0. The second-order valence-corrected chi connectivity index (χ2v) is 6.41. The smallest absolute Gasteiger partial charge is 0.402 e. The Bertz CT molecular complexity index is 481. The molecule has 19 heavy (non-hydrogen) atoms. The molecule has 2 rings (SSSR count). The van der Waals surface area contributed by atoms with Gasteiger partial charge >= 0.3 is 7.12 Å². The maximum absolute atomic E-state index is 6.18. The van der Waals surface area contributed by atoms with Crippen LogP contribution in [0, 0.1) is 0 Å². The molecule has 0 saturated carbocycles. The first-order chi connectivity index (χ1) is 8.64. The SMILES string of the molecule is CC1(C)OB([C@@H](N)c2ccc(Cl)nc2Cl)OC1(C)C. The molecular formula is C12H17BCl2N2O2. The second kappa shape index (κ2) is 4.90. The highest BCUT2D eigenvalue weighted by Gasteiger charge is 2.53. The molecular weight excluding hydrogens is 286 g/mol. The standard InChI is InChI=1S/C12H17BCl2N2O2/c1-11(2)12(3,4)19-13(18-11)9(16)7-5-6-8(14)17-10(7)15/h5-6,9H,16H2,1-4H3/t9-/m0/s1. The van der Waals surface area contributed by atoms with Crippen molar-refractivity contribution >= 4 is 30.3 Å². The maximum Gasteiger partial charge on any atom is 0.480 e. The molecule has 1 atom stereocenters. The van der Waals surface area contributed by atoms with E-state index < -0.39 is 24.3 Å². The van der Waals surface area contributed by atoms with Gasteiger partial charge in [0.2, 0.25) is 0 Å². The molecule has 1 aliphatic heterocycles. The van der Waals surface area contributed by atoms with E-state index in [-0.39, 0.29) is 5.15 Å². The van der Waals surface area contributed by atoms with E-state index in [1.165, 1.54) is 0 Å². The van der Waals surface area contributed by atoms with Crippen molar-refractivity contribution in [2.24, 2.45) is 5.73 Å². The molecule has 104 valence electrons. The first-order valence-corrected chi connectivity index (χ1v) is 6.83. The first-order valence-electron chi connectivity index (χ1n) is 6.07. The summed E-state index contributed by atoms with van der Waals surface area (Å²) in [7, 11) is -0.564. The minimum absolute atomic E-state index is 0.273. The van der Waals surface area contributed by atoms with Gasteiger partial charge in [-0.1, -0.05) is 29.3 Å².